The first kappa shape index (κ1) is 18.5. The van der Waals surface area contributed by atoms with E-state index < -0.39 is 0 Å². The van der Waals surface area contributed by atoms with E-state index in [9.17, 15) is 4.79 Å². The molecule has 1 saturated heterocycles. The van der Waals surface area contributed by atoms with Gasteiger partial charge in [-0.05, 0) is 25.0 Å². The molecule has 4 rings (SSSR count). The van der Waals surface area contributed by atoms with Crippen molar-refractivity contribution in [3.8, 4) is 0 Å². The molecule has 28 heavy (non-hydrogen) atoms. The van der Waals surface area contributed by atoms with Gasteiger partial charge in [-0.3, -0.25) is 9.79 Å². The average Bonchev–Trinajstić information content (AvgIpc) is 3.34. The topological polar surface area (TPSA) is 91.8 Å². The maximum Gasteiger partial charge on any atom is 0.289 e. The van der Waals surface area contributed by atoms with Crippen LogP contribution < -0.4 is 5.32 Å². The zero-order valence-corrected chi connectivity index (χ0v) is 16.3. The van der Waals surface area contributed by atoms with Crippen LogP contribution in [0, 0.1) is 0 Å². The smallest absolute Gasteiger partial charge is 0.289 e. The summed E-state index contributed by atoms with van der Waals surface area (Å²) in [4.78, 5) is 20.8. The minimum absolute atomic E-state index is 0.0567. The number of nitrogens with zero attached hydrogens (tertiary/aromatic N) is 6. The number of guanidine groups is 1. The molecule has 150 valence electrons. The Morgan fingerprint density at radius 1 is 1.14 bits per heavy atom. The standard InChI is InChI=1S/C19H27N7O2/c1-20-19(21-14-17-23-22-16-7-3-2-4-8-26(16)17)25-11-9-24(10-12-25)18(27)15-6-5-13-28-15/h5-6,13H,2-4,7-12,14H2,1H3,(H,20,21). The molecule has 2 aromatic rings. The van der Waals surface area contributed by atoms with E-state index in [4.69, 9.17) is 4.42 Å². The Morgan fingerprint density at radius 3 is 2.71 bits per heavy atom. The lowest BCUT2D eigenvalue weighted by atomic mass is 10.2. The lowest BCUT2D eigenvalue weighted by Crippen LogP contribution is -2.53. The molecular formula is C19H27N7O2. The molecule has 4 heterocycles. The van der Waals surface area contributed by atoms with Gasteiger partial charge in [0.2, 0.25) is 0 Å². The minimum atomic E-state index is -0.0567. The summed E-state index contributed by atoms with van der Waals surface area (Å²) < 4.78 is 7.47. The highest BCUT2D eigenvalue weighted by Gasteiger charge is 2.25. The highest BCUT2D eigenvalue weighted by Crippen LogP contribution is 2.14. The molecule has 0 bridgehead atoms. The maximum atomic E-state index is 12.4. The van der Waals surface area contributed by atoms with E-state index in [0.29, 0.717) is 25.4 Å². The van der Waals surface area contributed by atoms with Gasteiger partial charge in [0.1, 0.15) is 5.82 Å². The van der Waals surface area contributed by atoms with Gasteiger partial charge < -0.3 is 24.1 Å². The van der Waals surface area contributed by atoms with Crippen molar-refractivity contribution in [2.45, 2.75) is 38.8 Å². The van der Waals surface area contributed by atoms with Crippen LogP contribution in [-0.4, -0.2) is 69.7 Å². The van der Waals surface area contributed by atoms with Gasteiger partial charge >= 0.3 is 0 Å². The number of furan rings is 1. The Bertz CT molecular complexity index is 819. The van der Waals surface area contributed by atoms with E-state index in [0.717, 1.165) is 43.7 Å². The number of piperazine rings is 1. The summed E-state index contributed by atoms with van der Waals surface area (Å²) in [6.07, 6.45) is 6.15. The number of aryl methyl sites for hydroxylation is 1. The Hall–Kier alpha value is -2.84. The van der Waals surface area contributed by atoms with Crippen LogP contribution in [0.15, 0.2) is 27.8 Å². The van der Waals surface area contributed by atoms with Gasteiger partial charge in [0, 0.05) is 46.2 Å². The van der Waals surface area contributed by atoms with Crippen LogP contribution in [-0.2, 0) is 19.5 Å². The van der Waals surface area contributed by atoms with E-state index in [2.05, 4.69) is 30.0 Å². The molecule has 0 aliphatic carbocycles. The highest BCUT2D eigenvalue weighted by molar-refractivity contribution is 5.91. The van der Waals surface area contributed by atoms with Crippen LogP contribution in [0.25, 0.3) is 0 Å². The largest absolute Gasteiger partial charge is 0.459 e. The third kappa shape index (κ3) is 3.88. The molecule has 2 aromatic heterocycles. The van der Waals surface area contributed by atoms with Crippen LogP contribution in [0.2, 0.25) is 0 Å². The van der Waals surface area contributed by atoms with Crippen LogP contribution in [0.1, 0.15) is 41.5 Å². The van der Waals surface area contributed by atoms with E-state index in [1.807, 2.05) is 4.90 Å². The first-order valence-electron chi connectivity index (χ1n) is 9.95. The first-order chi connectivity index (χ1) is 13.8. The molecule has 1 N–H and O–H groups in total. The molecule has 1 fully saturated rings. The maximum absolute atomic E-state index is 12.4. The second-order valence-corrected chi connectivity index (χ2v) is 7.15. The molecule has 2 aliphatic heterocycles. The molecule has 9 nitrogen and oxygen atoms in total. The van der Waals surface area contributed by atoms with Crippen molar-refractivity contribution in [2.75, 3.05) is 33.2 Å². The summed E-state index contributed by atoms with van der Waals surface area (Å²) in [5, 5.41) is 12.1. The van der Waals surface area contributed by atoms with Gasteiger partial charge in [-0.1, -0.05) is 6.42 Å². The lowest BCUT2D eigenvalue weighted by molar-refractivity contribution is 0.0657. The van der Waals surface area contributed by atoms with Crippen LogP contribution >= 0.6 is 0 Å². The number of aromatic nitrogens is 3. The molecule has 0 radical (unpaired) electrons. The van der Waals surface area contributed by atoms with Crippen LogP contribution in [0.4, 0.5) is 0 Å². The second kappa shape index (κ2) is 8.45. The van der Waals surface area contributed by atoms with Gasteiger partial charge in [0.05, 0.1) is 12.8 Å². The van der Waals surface area contributed by atoms with Crippen molar-refractivity contribution in [1.29, 1.82) is 0 Å². The molecule has 0 saturated carbocycles. The number of nitrogens with one attached hydrogen (secondary N) is 1. The molecule has 9 heteroatoms. The van der Waals surface area contributed by atoms with Crippen molar-refractivity contribution in [3.63, 3.8) is 0 Å². The summed E-state index contributed by atoms with van der Waals surface area (Å²) in [7, 11) is 1.78. The predicted molar refractivity (Wildman–Crippen MR) is 104 cm³/mol. The number of hydrogen-bond acceptors (Lipinski definition) is 5. The normalized spacial score (nSPS) is 18.0. The summed E-state index contributed by atoms with van der Waals surface area (Å²) >= 11 is 0. The molecular weight excluding hydrogens is 358 g/mol. The number of fused-ring (bicyclic) bond motifs is 1. The average molecular weight is 385 g/mol. The first-order valence-corrected chi connectivity index (χ1v) is 9.95. The molecule has 1 amide bonds. The number of aliphatic imine (C=N–C) groups is 1. The van der Waals surface area contributed by atoms with E-state index >= 15 is 0 Å². The van der Waals surface area contributed by atoms with Crippen molar-refractivity contribution < 1.29 is 9.21 Å². The second-order valence-electron chi connectivity index (χ2n) is 7.15. The van der Waals surface area contributed by atoms with E-state index in [-0.39, 0.29) is 5.91 Å². The monoisotopic (exact) mass is 385 g/mol. The van der Waals surface area contributed by atoms with Crippen molar-refractivity contribution in [1.82, 2.24) is 29.9 Å². The quantitative estimate of drug-likeness (QED) is 0.629. The molecule has 2 aliphatic rings. The van der Waals surface area contributed by atoms with Crippen molar-refractivity contribution in [2.24, 2.45) is 4.99 Å². The summed E-state index contributed by atoms with van der Waals surface area (Å²) in [5.74, 6) is 3.22. The van der Waals surface area contributed by atoms with Gasteiger partial charge in [0.15, 0.2) is 17.5 Å². The molecule has 0 atom stereocenters. The molecule has 0 spiro atoms. The Balaban J connectivity index is 1.32. The number of amides is 1. The number of hydrogen-bond donors (Lipinski definition) is 1. The third-order valence-corrected chi connectivity index (χ3v) is 5.40. The zero-order chi connectivity index (χ0) is 19.3. The summed E-state index contributed by atoms with van der Waals surface area (Å²) in [5.41, 5.74) is 0. The van der Waals surface area contributed by atoms with Gasteiger partial charge in [0.25, 0.3) is 5.91 Å². The fourth-order valence-corrected chi connectivity index (χ4v) is 3.84. The third-order valence-electron chi connectivity index (χ3n) is 5.40. The van der Waals surface area contributed by atoms with Crippen molar-refractivity contribution in [3.05, 3.63) is 35.8 Å². The molecule has 0 unspecified atom stereocenters. The number of carbonyl (C=O) groups is 1. The number of rotatable bonds is 3. The SMILES string of the molecule is CN=C(NCc1nnc2n1CCCCC2)N1CCN(C(=O)c2ccco2)CC1. The highest BCUT2D eigenvalue weighted by atomic mass is 16.3. The van der Waals surface area contributed by atoms with Crippen LogP contribution in [0.3, 0.4) is 0 Å². The summed E-state index contributed by atoms with van der Waals surface area (Å²) in [6, 6.07) is 3.44. The summed E-state index contributed by atoms with van der Waals surface area (Å²) in [6.45, 7) is 4.33. The Labute approximate surface area is 164 Å². The number of carbonyl (C=O) groups excluding carboxylic acids is 1. The molecule has 0 aromatic carbocycles. The van der Waals surface area contributed by atoms with Gasteiger partial charge in [-0.15, -0.1) is 10.2 Å². The van der Waals surface area contributed by atoms with Crippen molar-refractivity contribution >= 4 is 11.9 Å². The van der Waals surface area contributed by atoms with E-state index in [1.54, 1.807) is 19.2 Å². The minimum Gasteiger partial charge on any atom is -0.459 e. The lowest BCUT2D eigenvalue weighted by Gasteiger charge is -2.36. The van der Waals surface area contributed by atoms with Gasteiger partial charge in [-0.25, -0.2) is 0 Å². The fourth-order valence-electron chi connectivity index (χ4n) is 3.84. The fraction of sp³-hybridized carbons (Fsp3) is 0.579. The van der Waals surface area contributed by atoms with Crippen LogP contribution in [0.5, 0.6) is 0 Å². The Morgan fingerprint density at radius 2 is 1.96 bits per heavy atom. The van der Waals surface area contributed by atoms with E-state index in [1.165, 1.54) is 25.5 Å². The van der Waals surface area contributed by atoms with Gasteiger partial charge in [-0.2, -0.15) is 0 Å². The zero-order valence-electron chi connectivity index (χ0n) is 16.3. The predicted octanol–water partition coefficient (Wildman–Crippen LogP) is 1.13. The Kier molecular flexibility index (Phi) is 5.59.